The maximum absolute atomic E-state index is 11.5. The van der Waals surface area contributed by atoms with E-state index in [1.165, 1.54) is 5.01 Å². The first kappa shape index (κ1) is 15.1. The number of nitrogens with zero attached hydrogens (tertiary/aromatic N) is 2. The van der Waals surface area contributed by atoms with Crippen LogP contribution in [0, 0.1) is 0 Å². The number of hydrogen-bond donors (Lipinski definition) is 1. The zero-order valence-corrected chi connectivity index (χ0v) is 12.3. The molecule has 4 nitrogen and oxygen atoms in total. The number of nitrogens with one attached hydrogen (secondary N) is 1. The lowest BCUT2D eigenvalue weighted by Crippen LogP contribution is -2.36. The quantitative estimate of drug-likeness (QED) is 0.785. The summed E-state index contributed by atoms with van der Waals surface area (Å²) in [7, 11) is 0. The maximum Gasteiger partial charge on any atom is 0.234 e. The van der Waals surface area contributed by atoms with Crippen LogP contribution in [-0.4, -0.2) is 35.4 Å². The summed E-state index contributed by atoms with van der Waals surface area (Å²) < 4.78 is 0. The van der Waals surface area contributed by atoms with Crippen LogP contribution in [0.1, 0.15) is 37.9 Å². The SMILES string of the molecule is CCCc1nc(CN(CC)CC(=O)NCC)cs1. The summed E-state index contributed by atoms with van der Waals surface area (Å²) in [6, 6.07) is 0. The van der Waals surface area contributed by atoms with Crippen molar-refractivity contribution in [2.75, 3.05) is 19.6 Å². The fourth-order valence-corrected chi connectivity index (χ4v) is 2.61. The number of hydrogen-bond acceptors (Lipinski definition) is 4. The highest BCUT2D eigenvalue weighted by Gasteiger charge is 2.10. The van der Waals surface area contributed by atoms with Gasteiger partial charge in [0.1, 0.15) is 0 Å². The second-order valence-electron chi connectivity index (χ2n) is 4.24. The third-order valence-corrected chi connectivity index (χ3v) is 3.59. The second-order valence-corrected chi connectivity index (χ2v) is 5.18. The number of carbonyl (C=O) groups excluding carboxylic acids is 1. The Morgan fingerprint density at radius 2 is 2.22 bits per heavy atom. The minimum absolute atomic E-state index is 0.0864. The van der Waals surface area contributed by atoms with Crippen LogP contribution in [0.4, 0.5) is 0 Å². The fraction of sp³-hybridized carbons (Fsp3) is 0.692. The molecule has 0 radical (unpaired) electrons. The molecule has 5 heteroatoms. The molecule has 0 aliphatic rings. The van der Waals surface area contributed by atoms with Gasteiger partial charge in [0.05, 0.1) is 17.2 Å². The van der Waals surface area contributed by atoms with Crippen molar-refractivity contribution in [1.29, 1.82) is 0 Å². The summed E-state index contributed by atoms with van der Waals surface area (Å²) in [4.78, 5) is 18.2. The lowest BCUT2D eigenvalue weighted by Gasteiger charge is -2.18. The summed E-state index contributed by atoms with van der Waals surface area (Å²) in [6.07, 6.45) is 2.18. The van der Waals surface area contributed by atoms with Gasteiger partial charge in [0.25, 0.3) is 0 Å². The van der Waals surface area contributed by atoms with Crippen LogP contribution in [0.15, 0.2) is 5.38 Å². The summed E-state index contributed by atoms with van der Waals surface area (Å²) >= 11 is 1.72. The zero-order chi connectivity index (χ0) is 13.4. The summed E-state index contributed by atoms with van der Waals surface area (Å²) in [5.41, 5.74) is 1.08. The molecule has 0 fully saturated rings. The molecule has 1 rings (SSSR count). The van der Waals surface area contributed by atoms with Crippen LogP contribution in [0.3, 0.4) is 0 Å². The molecule has 0 aliphatic carbocycles. The number of amides is 1. The van der Waals surface area contributed by atoms with Crippen molar-refractivity contribution in [3.8, 4) is 0 Å². The summed E-state index contributed by atoms with van der Waals surface area (Å²) in [5.74, 6) is 0.0864. The number of aromatic nitrogens is 1. The summed E-state index contributed by atoms with van der Waals surface area (Å²) in [6.45, 7) is 8.92. The Balaban J connectivity index is 2.48. The van der Waals surface area contributed by atoms with Crippen LogP contribution in [0.5, 0.6) is 0 Å². The molecule has 0 atom stereocenters. The molecule has 0 saturated carbocycles. The topological polar surface area (TPSA) is 45.2 Å². The Morgan fingerprint density at radius 1 is 1.44 bits per heavy atom. The van der Waals surface area contributed by atoms with Crippen molar-refractivity contribution < 1.29 is 4.79 Å². The van der Waals surface area contributed by atoms with Crippen molar-refractivity contribution in [2.45, 2.75) is 40.2 Å². The molecule has 0 saturated heterocycles. The minimum atomic E-state index is 0.0864. The number of likely N-dealkylation sites (N-methyl/N-ethyl adjacent to an activating group) is 2. The first-order valence-corrected chi connectivity index (χ1v) is 7.49. The van der Waals surface area contributed by atoms with Gasteiger partial charge >= 0.3 is 0 Å². The second kappa shape index (κ2) is 8.21. The number of rotatable bonds is 8. The van der Waals surface area contributed by atoms with Crippen LogP contribution >= 0.6 is 11.3 Å². The molecule has 0 spiro atoms. The minimum Gasteiger partial charge on any atom is -0.355 e. The molecule has 18 heavy (non-hydrogen) atoms. The van der Waals surface area contributed by atoms with E-state index in [1.54, 1.807) is 11.3 Å². The maximum atomic E-state index is 11.5. The average Bonchev–Trinajstić information content (AvgIpc) is 2.76. The molecule has 102 valence electrons. The predicted molar refractivity (Wildman–Crippen MR) is 75.7 cm³/mol. The van der Waals surface area contributed by atoms with Gasteiger partial charge in [-0.25, -0.2) is 4.98 Å². The van der Waals surface area contributed by atoms with Crippen molar-refractivity contribution >= 4 is 17.2 Å². The van der Waals surface area contributed by atoms with Crippen LogP contribution in [-0.2, 0) is 17.8 Å². The standard InChI is InChI=1S/C13H23N3OS/c1-4-7-13-15-11(10-18-13)8-16(6-3)9-12(17)14-5-2/h10H,4-9H2,1-3H3,(H,14,17). The Bertz CT molecular complexity index is 365. The molecule has 1 aromatic rings. The van der Waals surface area contributed by atoms with E-state index in [0.29, 0.717) is 13.1 Å². The molecular weight excluding hydrogens is 246 g/mol. The van der Waals surface area contributed by atoms with Gasteiger partial charge in [-0.05, 0) is 26.3 Å². The third kappa shape index (κ3) is 5.14. The molecule has 1 aromatic heterocycles. The van der Waals surface area contributed by atoms with E-state index >= 15 is 0 Å². The molecule has 0 unspecified atom stereocenters. The molecular formula is C13H23N3OS. The predicted octanol–water partition coefficient (Wildman–Crippen LogP) is 2.05. The van der Waals surface area contributed by atoms with Crippen LogP contribution in [0.2, 0.25) is 0 Å². The Morgan fingerprint density at radius 3 is 2.83 bits per heavy atom. The number of carbonyl (C=O) groups is 1. The third-order valence-electron chi connectivity index (χ3n) is 2.64. The average molecular weight is 269 g/mol. The van der Waals surface area contributed by atoms with Gasteiger partial charge in [0.15, 0.2) is 0 Å². The number of thiazole rings is 1. The van der Waals surface area contributed by atoms with E-state index in [2.05, 4.69) is 34.4 Å². The van der Waals surface area contributed by atoms with Crippen molar-refractivity contribution in [2.24, 2.45) is 0 Å². The van der Waals surface area contributed by atoms with Crippen molar-refractivity contribution in [3.63, 3.8) is 0 Å². The van der Waals surface area contributed by atoms with Crippen molar-refractivity contribution in [3.05, 3.63) is 16.1 Å². The van der Waals surface area contributed by atoms with E-state index < -0.39 is 0 Å². The van der Waals surface area contributed by atoms with Crippen molar-refractivity contribution in [1.82, 2.24) is 15.2 Å². The highest BCUT2D eigenvalue weighted by molar-refractivity contribution is 7.09. The highest BCUT2D eigenvalue weighted by atomic mass is 32.1. The van der Waals surface area contributed by atoms with E-state index in [1.807, 2.05) is 6.92 Å². The van der Waals surface area contributed by atoms with Gasteiger partial charge in [-0.2, -0.15) is 0 Å². The largest absolute Gasteiger partial charge is 0.355 e. The Kier molecular flexibility index (Phi) is 6.90. The van der Waals surface area contributed by atoms with E-state index in [-0.39, 0.29) is 5.91 Å². The normalized spacial score (nSPS) is 10.9. The van der Waals surface area contributed by atoms with Gasteiger partial charge in [0.2, 0.25) is 5.91 Å². The van der Waals surface area contributed by atoms with Crippen LogP contribution < -0.4 is 5.32 Å². The van der Waals surface area contributed by atoms with Gasteiger partial charge in [-0.15, -0.1) is 11.3 Å². The zero-order valence-electron chi connectivity index (χ0n) is 11.5. The molecule has 0 aromatic carbocycles. The molecule has 1 amide bonds. The smallest absolute Gasteiger partial charge is 0.234 e. The monoisotopic (exact) mass is 269 g/mol. The van der Waals surface area contributed by atoms with Gasteiger partial charge in [0, 0.05) is 18.5 Å². The highest BCUT2D eigenvalue weighted by Crippen LogP contribution is 2.13. The summed E-state index contributed by atoms with van der Waals surface area (Å²) in [5, 5.41) is 6.12. The van der Waals surface area contributed by atoms with E-state index in [9.17, 15) is 4.79 Å². The van der Waals surface area contributed by atoms with E-state index in [4.69, 9.17) is 0 Å². The number of aryl methyl sites for hydroxylation is 1. The van der Waals surface area contributed by atoms with E-state index in [0.717, 1.165) is 31.6 Å². The Hall–Kier alpha value is -0.940. The van der Waals surface area contributed by atoms with Crippen LogP contribution in [0.25, 0.3) is 0 Å². The molecule has 1 N–H and O–H groups in total. The first-order chi connectivity index (χ1) is 8.69. The van der Waals surface area contributed by atoms with Gasteiger partial charge in [-0.1, -0.05) is 13.8 Å². The van der Waals surface area contributed by atoms with Gasteiger partial charge in [-0.3, -0.25) is 9.69 Å². The Labute approximate surface area is 113 Å². The first-order valence-electron chi connectivity index (χ1n) is 6.61. The fourth-order valence-electron chi connectivity index (χ4n) is 1.71. The lowest BCUT2D eigenvalue weighted by molar-refractivity contribution is -0.122. The van der Waals surface area contributed by atoms with Gasteiger partial charge < -0.3 is 5.32 Å². The lowest BCUT2D eigenvalue weighted by atomic mass is 10.3. The molecule has 0 aliphatic heterocycles. The molecule has 1 heterocycles. The molecule has 0 bridgehead atoms.